The molecule has 0 aromatic heterocycles. The SMILES string of the molecule is COc1cc(F)ccc1NC(=O)C(C)Oc1ccccc1. The molecule has 4 nitrogen and oxygen atoms in total. The summed E-state index contributed by atoms with van der Waals surface area (Å²) in [6, 6.07) is 12.9. The van der Waals surface area contributed by atoms with Gasteiger partial charge in [-0.1, -0.05) is 18.2 Å². The normalized spacial score (nSPS) is 11.6. The van der Waals surface area contributed by atoms with E-state index in [1.165, 1.54) is 25.3 Å². The van der Waals surface area contributed by atoms with Gasteiger partial charge in [-0.15, -0.1) is 0 Å². The Bertz CT molecular complexity index is 616. The van der Waals surface area contributed by atoms with Gasteiger partial charge in [0.15, 0.2) is 6.10 Å². The Labute approximate surface area is 122 Å². The second-order valence-corrected chi connectivity index (χ2v) is 4.41. The third-order valence-corrected chi connectivity index (χ3v) is 2.85. The van der Waals surface area contributed by atoms with E-state index in [9.17, 15) is 9.18 Å². The Morgan fingerprint density at radius 2 is 1.90 bits per heavy atom. The van der Waals surface area contributed by atoms with Crippen LogP contribution in [0.5, 0.6) is 11.5 Å². The number of hydrogen-bond acceptors (Lipinski definition) is 3. The molecule has 0 aliphatic carbocycles. The van der Waals surface area contributed by atoms with Crippen molar-refractivity contribution in [3.05, 3.63) is 54.3 Å². The van der Waals surface area contributed by atoms with E-state index in [0.717, 1.165) is 0 Å². The lowest BCUT2D eigenvalue weighted by Gasteiger charge is -2.16. The quantitative estimate of drug-likeness (QED) is 0.919. The summed E-state index contributed by atoms with van der Waals surface area (Å²) in [5.74, 6) is 0.0867. The fraction of sp³-hybridized carbons (Fsp3) is 0.188. The van der Waals surface area contributed by atoms with Gasteiger partial charge in [0.1, 0.15) is 17.3 Å². The van der Waals surface area contributed by atoms with Gasteiger partial charge in [-0.05, 0) is 31.2 Å². The average Bonchev–Trinajstić information content (AvgIpc) is 2.49. The molecular weight excluding hydrogens is 273 g/mol. The molecule has 0 saturated carbocycles. The van der Waals surface area contributed by atoms with Crippen molar-refractivity contribution in [2.24, 2.45) is 0 Å². The fourth-order valence-electron chi connectivity index (χ4n) is 1.76. The number of benzene rings is 2. The molecule has 0 bridgehead atoms. The van der Waals surface area contributed by atoms with E-state index in [1.54, 1.807) is 19.1 Å². The maximum Gasteiger partial charge on any atom is 0.265 e. The van der Waals surface area contributed by atoms with Crippen LogP contribution in [0.3, 0.4) is 0 Å². The minimum Gasteiger partial charge on any atom is -0.494 e. The van der Waals surface area contributed by atoms with Crippen LogP contribution in [0.2, 0.25) is 0 Å². The van der Waals surface area contributed by atoms with Crippen LogP contribution in [-0.2, 0) is 4.79 Å². The molecule has 2 aromatic rings. The van der Waals surface area contributed by atoms with E-state index in [-0.39, 0.29) is 11.7 Å². The Morgan fingerprint density at radius 3 is 2.57 bits per heavy atom. The number of halogens is 1. The first-order chi connectivity index (χ1) is 10.1. The van der Waals surface area contributed by atoms with Crippen molar-refractivity contribution in [3.8, 4) is 11.5 Å². The fourth-order valence-corrected chi connectivity index (χ4v) is 1.76. The van der Waals surface area contributed by atoms with E-state index in [0.29, 0.717) is 11.4 Å². The molecule has 0 radical (unpaired) electrons. The zero-order valence-electron chi connectivity index (χ0n) is 11.8. The van der Waals surface area contributed by atoms with Gasteiger partial charge in [0, 0.05) is 6.07 Å². The van der Waals surface area contributed by atoms with Crippen molar-refractivity contribution in [1.29, 1.82) is 0 Å². The molecule has 110 valence electrons. The van der Waals surface area contributed by atoms with E-state index in [1.807, 2.05) is 18.2 Å². The van der Waals surface area contributed by atoms with Crippen molar-refractivity contribution in [2.45, 2.75) is 13.0 Å². The monoisotopic (exact) mass is 289 g/mol. The maximum atomic E-state index is 13.1. The number of methoxy groups -OCH3 is 1. The largest absolute Gasteiger partial charge is 0.494 e. The zero-order chi connectivity index (χ0) is 15.2. The smallest absolute Gasteiger partial charge is 0.265 e. The summed E-state index contributed by atoms with van der Waals surface area (Å²) < 4.78 is 23.6. The van der Waals surface area contributed by atoms with Crippen molar-refractivity contribution < 1.29 is 18.7 Å². The minimum absolute atomic E-state index is 0.260. The molecule has 0 aliphatic rings. The van der Waals surface area contributed by atoms with Crippen LogP contribution in [0.4, 0.5) is 10.1 Å². The molecule has 1 unspecified atom stereocenters. The van der Waals surface area contributed by atoms with Gasteiger partial charge in [0.05, 0.1) is 12.8 Å². The Kier molecular flexibility index (Phi) is 4.77. The molecule has 0 spiro atoms. The second-order valence-electron chi connectivity index (χ2n) is 4.41. The average molecular weight is 289 g/mol. The Balaban J connectivity index is 2.04. The van der Waals surface area contributed by atoms with Crippen LogP contribution < -0.4 is 14.8 Å². The molecule has 0 fully saturated rings. The van der Waals surface area contributed by atoms with Crippen LogP contribution in [0, 0.1) is 5.82 Å². The van der Waals surface area contributed by atoms with E-state index in [4.69, 9.17) is 9.47 Å². The molecule has 2 aromatic carbocycles. The zero-order valence-corrected chi connectivity index (χ0v) is 11.8. The van der Waals surface area contributed by atoms with Crippen LogP contribution in [-0.4, -0.2) is 19.1 Å². The lowest BCUT2D eigenvalue weighted by Crippen LogP contribution is -2.30. The van der Waals surface area contributed by atoms with Crippen molar-refractivity contribution >= 4 is 11.6 Å². The van der Waals surface area contributed by atoms with Crippen molar-refractivity contribution in [3.63, 3.8) is 0 Å². The van der Waals surface area contributed by atoms with Crippen LogP contribution >= 0.6 is 0 Å². The number of rotatable bonds is 5. The standard InChI is InChI=1S/C16H16FNO3/c1-11(21-13-6-4-3-5-7-13)16(19)18-14-9-8-12(17)10-15(14)20-2/h3-11H,1-2H3,(H,18,19). The third kappa shape index (κ3) is 3.95. The predicted octanol–water partition coefficient (Wildman–Crippen LogP) is 3.24. The molecule has 0 saturated heterocycles. The van der Waals surface area contributed by atoms with E-state index < -0.39 is 11.9 Å². The lowest BCUT2D eigenvalue weighted by atomic mass is 10.2. The number of amides is 1. The summed E-state index contributed by atoms with van der Waals surface area (Å²) in [7, 11) is 1.41. The molecule has 21 heavy (non-hydrogen) atoms. The maximum absolute atomic E-state index is 13.1. The summed E-state index contributed by atoms with van der Waals surface area (Å²) in [4.78, 5) is 12.1. The lowest BCUT2D eigenvalue weighted by molar-refractivity contribution is -0.122. The molecule has 0 aliphatic heterocycles. The van der Waals surface area contributed by atoms with Gasteiger partial charge >= 0.3 is 0 Å². The van der Waals surface area contributed by atoms with Crippen LogP contribution in [0.15, 0.2) is 48.5 Å². The summed E-state index contributed by atoms with van der Waals surface area (Å²) in [6.07, 6.45) is -0.692. The molecule has 1 N–H and O–H groups in total. The number of nitrogens with one attached hydrogen (secondary N) is 1. The van der Waals surface area contributed by atoms with Gasteiger partial charge < -0.3 is 14.8 Å². The summed E-state index contributed by atoms with van der Waals surface area (Å²) in [5, 5.41) is 2.65. The number of hydrogen-bond donors (Lipinski definition) is 1. The summed E-state index contributed by atoms with van der Waals surface area (Å²) in [6.45, 7) is 1.64. The van der Waals surface area contributed by atoms with Crippen LogP contribution in [0.25, 0.3) is 0 Å². The molecule has 1 amide bonds. The first-order valence-electron chi connectivity index (χ1n) is 6.46. The van der Waals surface area contributed by atoms with Gasteiger partial charge in [-0.25, -0.2) is 4.39 Å². The predicted molar refractivity (Wildman–Crippen MR) is 78.1 cm³/mol. The highest BCUT2D eigenvalue weighted by atomic mass is 19.1. The number of ether oxygens (including phenoxy) is 2. The summed E-state index contributed by atoms with van der Waals surface area (Å²) in [5.41, 5.74) is 0.396. The third-order valence-electron chi connectivity index (χ3n) is 2.85. The van der Waals surface area contributed by atoms with Gasteiger partial charge in [-0.2, -0.15) is 0 Å². The topological polar surface area (TPSA) is 47.6 Å². The van der Waals surface area contributed by atoms with Crippen LogP contribution in [0.1, 0.15) is 6.92 Å². The van der Waals surface area contributed by atoms with Gasteiger partial charge in [-0.3, -0.25) is 4.79 Å². The van der Waals surface area contributed by atoms with E-state index >= 15 is 0 Å². The molecular formula is C16H16FNO3. The minimum atomic E-state index is -0.692. The highest BCUT2D eigenvalue weighted by Gasteiger charge is 2.16. The molecule has 1 atom stereocenters. The molecule has 0 heterocycles. The van der Waals surface area contributed by atoms with Gasteiger partial charge in [0.2, 0.25) is 0 Å². The molecule has 5 heteroatoms. The number of para-hydroxylation sites is 1. The number of carbonyl (C=O) groups is 1. The van der Waals surface area contributed by atoms with Crippen molar-refractivity contribution in [1.82, 2.24) is 0 Å². The van der Waals surface area contributed by atoms with Gasteiger partial charge in [0.25, 0.3) is 5.91 Å². The number of anilines is 1. The Morgan fingerprint density at radius 1 is 1.19 bits per heavy atom. The highest BCUT2D eigenvalue weighted by Crippen LogP contribution is 2.25. The molecule has 2 rings (SSSR count). The highest BCUT2D eigenvalue weighted by molar-refractivity contribution is 5.95. The van der Waals surface area contributed by atoms with E-state index in [2.05, 4.69) is 5.32 Å². The summed E-state index contributed by atoms with van der Waals surface area (Å²) >= 11 is 0. The van der Waals surface area contributed by atoms with Crippen molar-refractivity contribution in [2.75, 3.05) is 12.4 Å². The Hall–Kier alpha value is -2.56. The first kappa shape index (κ1) is 14.8. The second kappa shape index (κ2) is 6.74. The first-order valence-corrected chi connectivity index (χ1v) is 6.46. The number of carbonyl (C=O) groups excluding carboxylic acids is 1.